The van der Waals surface area contributed by atoms with Gasteiger partial charge in [0.15, 0.2) is 0 Å². The smallest absolute Gasteiger partial charge is 0.137 e. The highest BCUT2D eigenvalue weighted by atomic mass is 16.5. The van der Waals surface area contributed by atoms with E-state index in [2.05, 4.69) is 0 Å². The number of likely N-dealkylation sites (tertiary alicyclic amines) is 1. The minimum absolute atomic E-state index is 0.440. The van der Waals surface area contributed by atoms with Crippen molar-refractivity contribution in [2.24, 2.45) is 0 Å². The second-order valence-electron chi connectivity index (χ2n) is 5.42. The van der Waals surface area contributed by atoms with Crippen LogP contribution in [0.25, 0.3) is 6.08 Å². The Morgan fingerprint density at radius 3 is 2.78 bits per heavy atom. The minimum atomic E-state index is -1.50. The molecule has 0 aromatic heterocycles. The lowest BCUT2D eigenvalue weighted by molar-refractivity contribution is -0.887. The van der Waals surface area contributed by atoms with Crippen LogP contribution in [0.2, 0.25) is 0 Å². The number of carbonyl (C=O) groups excluding carboxylic acids is 1. The molecule has 0 radical (unpaired) electrons. The van der Waals surface area contributed by atoms with E-state index in [1.165, 1.54) is 23.8 Å². The van der Waals surface area contributed by atoms with Crippen LogP contribution in [0, 0.1) is 11.3 Å². The number of benzene rings is 1. The number of nitrogens with one attached hydrogen (secondary N) is 1. The molecular weight excluding hydrogens is 296 g/mol. The van der Waals surface area contributed by atoms with Crippen LogP contribution < -0.4 is 19.5 Å². The first-order valence-electron chi connectivity index (χ1n) is 7.61. The molecule has 1 fully saturated rings. The van der Waals surface area contributed by atoms with Crippen LogP contribution in [0.1, 0.15) is 18.4 Å². The molecule has 6 heteroatoms. The van der Waals surface area contributed by atoms with E-state index in [9.17, 15) is 9.90 Å². The average molecular weight is 316 g/mol. The average Bonchev–Trinajstić information content (AvgIpc) is 3.06. The summed E-state index contributed by atoms with van der Waals surface area (Å²) in [5, 5.41) is 19.7. The Balaban J connectivity index is 2.14. The minimum Gasteiger partial charge on any atom is -0.544 e. The number of hydrogen-bond acceptors (Lipinski definition) is 5. The molecule has 0 aliphatic carbocycles. The lowest BCUT2D eigenvalue weighted by Crippen LogP contribution is -3.10. The fourth-order valence-corrected chi connectivity index (χ4v) is 2.61. The van der Waals surface area contributed by atoms with Gasteiger partial charge in [0.25, 0.3) is 0 Å². The number of nitriles is 1. The van der Waals surface area contributed by atoms with Crippen LogP contribution in [0.3, 0.4) is 0 Å². The number of rotatable bonds is 7. The van der Waals surface area contributed by atoms with Crippen molar-refractivity contribution in [3.05, 3.63) is 29.3 Å². The number of carboxylic acid groups (broad SMARTS) is 1. The summed E-state index contributed by atoms with van der Waals surface area (Å²) in [6.45, 7) is 3.75. The molecule has 2 rings (SSSR count). The van der Waals surface area contributed by atoms with Gasteiger partial charge in [-0.15, -0.1) is 0 Å². The molecule has 0 spiro atoms. The molecule has 0 amide bonds. The highest BCUT2D eigenvalue weighted by molar-refractivity contribution is 5.95. The molecule has 1 heterocycles. The van der Waals surface area contributed by atoms with Crippen molar-refractivity contribution in [2.75, 3.05) is 33.4 Å². The zero-order chi connectivity index (χ0) is 16.7. The molecule has 1 N–H and O–H groups in total. The van der Waals surface area contributed by atoms with E-state index in [1.807, 2.05) is 0 Å². The van der Waals surface area contributed by atoms with Crippen LogP contribution in [0.15, 0.2) is 23.8 Å². The summed E-state index contributed by atoms with van der Waals surface area (Å²) in [5.41, 5.74) is 0.0770. The first-order valence-corrected chi connectivity index (χ1v) is 7.61. The fraction of sp³-hybridized carbons (Fsp3) is 0.412. The largest absolute Gasteiger partial charge is 0.544 e. The number of hydrogen-bond donors (Lipinski definition) is 1. The summed E-state index contributed by atoms with van der Waals surface area (Å²) >= 11 is 0. The van der Waals surface area contributed by atoms with Crippen molar-refractivity contribution >= 4 is 12.0 Å². The van der Waals surface area contributed by atoms with E-state index in [0.717, 1.165) is 19.6 Å². The Kier molecular flexibility index (Phi) is 6.01. The molecule has 1 aliphatic heterocycles. The standard InChI is InChI=1S/C17H20N2O4/c1-22-15-5-4-13(10-14(12-18)17(20)21)16(11-15)23-9-8-19-6-2-3-7-19/h4-5,10-11H,2-3,6-9H2,1H3,(H,20,21)/b14-10-. The van der Waals surface area contributed by atoms with Crippen LogP contribution in [0.5, 0.6) is 11.5 Å². The summed E-state index contributed by atoms with van der Waals surface area (Å²) in [6.07, 6.45) is 3.76. The summed E-state index contributed by atoms with van der Waals surface area (Å²) < 4.78 is 11.0. The quantitative estimate of drug-likeness (QED) is 0.537. The van der Waals surface area contributed by atoms with E-state index in [-0.39, 0.29) is 0 Å². The Morgan fingerprint density at radius 1 is 1.43 bits per heavy atom. The number of nitrogens with zero attached hydrogens (tertiary/aromatic N) is 1. The maximum atomic E-state index is 10.9. The predicted octanol–water partition coefficient (Wildman–Crippen LogP) is -0.590. The lowest BCUT2D eigenvalue weighted by atomic mass is 10.1. The zero-order valence-corrected chi connectivity index (χ0v) is 13.1. The molecule has 1 saturated heterocycles. The molecule has 1 aliphatic rings. The highest BCUT2D eigenvalue weighted by Gasteiger charge is 2.15. The summed E-state index contributed by atoms with van der Waals surface area (Å²) in [4.78, 5) is 12.4. The van der Waals surface area contributed by atoms with Gasteiger partial charge in [0.1, 0.15) is 30.7 Å². The Hall–Kier alpha value is -2.52. The van der Waals surface area contributed by atoms with E-state index < -0.39 is 11.5 Å². The first kappa shape index (κ1) is 16.8. The normalized spacial score (nSPS) is 15.2. The molecule has 6 nitrogen and oxygen atoms in total. The third-order valence-electron chi connectivity index (χ3n) is 3.88. The van der Waals surface area contributed by atoms with Crippen LogP contribution in [-0.2, 0) is 4.79 Å². The van der Waals surface area contributed by atoms with E-state index in [4.69, 9.17) is 14.7 Å². The topological polar surface area (TPSA) is 86.8 Å². The second-order valence-corrected chi connectivity index (χ2v) is 5.42. The van der Waals surface area contributed by atoms with Gasteiger partial charge >= 0.3 is 0 Å². The lowest BCUT2D eigenvalue weighted by Gasteiger charge is -2.15. The Morgan fingerprint density at radius 2 is 2.17 bits per heavy atom. The van der Waals surface area contributed by atoms with Gasteiger partial charge in [-0.3, -0.25) is 0 Å². The van der Waals surface area contributed by atoms with E-state index >= 15 is 0 Å². The number of methoxy groups -OCH3 is 1. The van der Waals surface area contributed by atoms with Crippen LogP contribution in [-0.4, -0.2) is 39.3 Å². The molecule has 1 aromatic carbocycles. The van der Waals surface area contributed by atoms with Gasteiger partial charge in [-0.25, -0.2) is 0 Å². The number of carboxylic acids is 1. The van der Waals surface area contributed by atoms with Gasteiger partial charge in [0.05, 0.1) is 31.7 Å². The highest BCUT2D eigenvalue weighted by Crippen LogP contribution is 2.26. The van der Waals surface area contributed by atoms with Crippen molar-refractivity contribution in [1.29, 1.82) is 5.26 Å². The molecule has 122 valence electrons. The van der Waals surface area contributed by atoms with Gasteiger partial charge < -0.3 is 24.3 Å². The maximum Gasteiger partial charge on any atom is 0.137 e. The van der Waals surface area contributed by atoms with Crippen molar-refractivity contribution in [3.63, 3.8) is 0 Å². The molecule has 0 unspecified atom stereocenters. The Labute approximate surface area is 135 Å². The number of quaternary nitrogens is 1. The van der Waals surface area contributed by atoms with Crippen molar-refractivity contribution in [2.45, 2.75) is 12.8 Å². The monoisotopic (exact) mass is 316 g/mol. The fourth-order valence-electron chi connectivity index (χ4n) is 2.61. The van der Waals surface area contributed by atoms with Crippen molar-refractivity contribution in [3.8, 4) is 17.6 Å². The first-order chi connectivity index (χ1) is 11.1. The van der Waals surface area contributed by atoms with Crippen LogP contribution >= 0.6 is 0 Å². The predicted molar refractivity (Wildman–Crippen MR) is 81.9 cm³/mol. The number of carbonyl (C=O) groups is 1. The number of ether oxygens (including phenoxy) is 2. The van der Waals surface area contributed by atoms with E-state index in [0.29, 0.717) is 23.7 Å². The third kappa shape index (κ3) is 4.73. The van der Waals surface area contributed by atoms with Crippen molar-refractivity contribution in [1.82, 2.24) is 0 Å². The summed E-state index contributed by atoms with van der Waals surface area (Å²) in [7, 11) is 1.55. The molecule has 0 saturated carbocycles. The van der Waals surface area contributed by atoms with Crippen LogP contribution in [0.4, 0.5) is 0 Å². The SMILES string of the molecule is COc1ccc(/C=C(/C#N)C(=O)[O-])c(OCC[NH+]2CCCC2)c1. The van der Waals surface area contributed by atoms with Gasteiger partial charge in [0.2, 0.25) is 0 Å². The molecule has 0 atom stereocenters. The van der Waals surface area contributed by atoms with Gasteiger partial charge in [-0.1, -0.05) is 0 Å². The van der Waals surface area contributed by atoms with Gasteiger partial charge in [-0.2, -0.15) is 5.26 Å². The number of aliphatic carboxylic acids is 1. The third-order valence-corrected chi connectivity index (χ3v) is 3.88. The van der Waals surface area contributed by atoms with Gasteiger partial charge in [-0.05, 0) is 18.2 Å². The Bertz CT molecular complexity index is 628. The van der Waals surface area contributed by atoms with Crippen molar-refractivity contribution < 1.29 is 24.3 Å². The van der Waals surface area contributed by atoms with Gasteiger partial charge in [0, 0.05) is 24.5 Å². The molecular formula is C17H20N2O4. The second kappa shape index (κ2) is 8.20. The zero-order valence-electron chi connectivity index (χ0n) is 13.1. The molecule has 1 aromatic rings. The molecule has 23 heavy (non-hydrogen) atoms. The summed E-state index contributed by atoms with van der Waals surface area (Å²) in [5.74, 6) is -0.398. The summed E-state index contributed by atoms with van der Waals surface area (Å²) in [6, 6.07) is 6.66. The van der Waals surface area contributed by atoms with E-state index in [1.54, 1.807) is 31.4 Å². The molecule has 0 bridgehead atoms. The maximum absolute atomic E-state index is 10.9.